The fraction of sp³-hybridized carbons (Fsp3) is 0.533. The highest BCUT2D eigenvalue weighted by Crippen LogP contribution is 2.31. The first kappa shape index (κ1) is 15.9. The lowest BCUT2D eigenvalue weighted by Gasteiger charge is -2.26. The summed E-state index contributed by atoms with van der Waals surface area (Å²) in [5, 5.41) is 2.82. The maximum atomic E-state index is 12.6. The average molecular weight is 334 g/mol. The Hall–Kier alpha value is -1.96. The van der Waals surface area contributed by atoms with E-state index in [0.29, 0.717) is 5.16 Å². The van der Waals surface area contributed by atoms with Gasteiger partial charge in [0.1, 0.15) is 6.04 Å². The molecule has 0 radical (unpaired) electrons. The molecule has 2 heterocycles. The summed E-state index contributed by atoms with van der Waals surface area (Å²) >= 11 is 1.26. The van der Waals surface area contributed by atoms with Crippen LogP contribution in [0.5, 0.6) is 0 Å². The van der Waals surface area contributed by atoms with Crippen molar-refractivity contribution in [1.82, 2.24) is 20.2 Å². The molecule has 8 heteroatoms. The molecule has 0 bridgehead atoms. The van der Waals surface area contributed by atoms with E-state index >= 15 is 0 Å². The maximum Gasteiger partial charge on any atom is 0.249 e. The number of rotatable bonds is 5. The largest absolute Gasteiger partial charge is 0.326 e. The number of carbonyl (C=O) groups is 3. The van der Waals surface area contributed by atoms with Gasteiger partial charge in [-0.15, -0.1) is 0 Å². The van der Waals surface area contributed by atoms with E-state index in [4.69, 9.17) is 0 Å². The molecule has 3 amide bonds. The fourth-order valence-corrected chi connectivity index (χ4v) is 3.53. The molecule has 3 rings (SSSR count). The highest BCUT2D eigenvalue weighted by Gasteiger charge is 2.44. The van der Waals surface area contributed by atoms with Gasteiger partial charge in [0.15, 0.2) is 5.16 Å². The minimum Gasteiger partial charge on any atom is -0.326 e. The number of hydrogen-bond donors (Lipinski definition) is 1. The van der Waals surface area contributed by atoms with Crippen molar-refractivity contribution in [2.24, 2.45) is 0 Å². The van der Waals surface area contributed by atoms with Gasteiger partial charge in [-0.05, 0) is 32.8 Å². The van der Waals surface area contributed by atoms with E-state index in [9.17, 15) is 14.4 Å². The number of aryl methyl sites for hydroxylation is 2. The number of aromatic nitrogens is 2. The highest BCUT2D eigenvalue weighted by atomic mass is 32.2. The monoisotopic (exact) mass is 334 g/mol. The number of hydrogen-bond acceptors (Lipinski definition) is 6. The summed E-state index contributed by atoms with van der Waals surface area (Å²) in [4.78, 5) is 46.0. The molecule has 2 fully saturated rings. The van der Waals surface area contributed by atoms with Gasteiger partial charge in [-0.1, -0.05) is 11.8 Å². The van der Waals surface area contributed by atoms with Gasteiger partial charge in [0.05, 0.1) is 12.2 Å². The van der Waals surface area contributed by atoms with Gasteiger partial charge in [0, 0.05) is 17.4 Å². The smallest absolute Gasteiger partial charge is 0.249 e. The molecule has 1 aliphatic heterocycles. The molecule has 1 unspecified atom stereocenters. The first-order valence-electron chi connectivity index (χ1n) is 7.54. The van der Waals surface area contributed by atoms with Gasteiger partial charge in [-0.25, -0.2) is 9.97 Å². The Kier molecular flexibility index (Phi) is 4.34. The molecule has 1 N–H and O–H groups in total. The summed E-state index contributed by atoms with van der Waals surface area (Å²) < 4.78 is 0. The molecule has 1 aliphatic carbocycles. The summed E-state index contributed by atoms with van der Waals surface area (Å²) in [6.45, 7) is 3.76. The van der Waals surface area contributed by atoms with Gasteiger partial charge in [0.2, 0.25) is 17.7 Å². The summed E-state index contributed by atoms with van der Waals surface area (Å²) in [5.41, 5.74) is 1.71. The van der Waals surface area contributed by atoms with Crippen LogP contribution in [0.15, 0.2) is 11.2 Å². The minimum atomic E-state index is -0.664. The predicted molar refractivity (Wildman–Crippen MR) is 83.7 cm³/mol. The van der Waals surface area contributed by atoms with E-state index in [1.807, 2.05) is 19.9 Å². The van der Waals surface area contributed by atoms with Crippen molar-refractivity contribution < 1.29 is 14.4 Å². The van der Waals surface area contributed by atoms with Crippen molar-refractivity contribution in [3.63, 3.8) is 0 Å². The molecule has 2 aliphatic rings. The second-order valence-electron chi connectivity index (χ2n) is 5.89. The lowest BCUT2D eigenvalue weighted by atomic mass is 10.2. The zero-order chi connectivity index (χ0) is 16.6. The lowest BCUT2D eigenvalue weighted by molar-refractivity contribution is -0.137. The zero-order valence-corrected chi connectivity index (χ0v) is 13.9. The molecule has 1 saturated heterocycles. The Bertz CT molecular complexity index is 654. The summed E-state index contributed by atoms with van der Waals surface area (Å²) in [6, 6.07) is 1.28. The van der Waals surface area contributed by atoms with Gasteiger partial charge in [-0.2, -0.15) is 0 Å². The van der Waals surface area contributed by atoms with Crippen LogP contribution in [0.3, 0.4) is 0 Å². The van der Waals surface area contributed by atoms with Gasteiger partial charge in [0.25, 0.3) is 0 Å². The Morgan fingerprint density at radius 1 is 1.30 bits per heavy atom. The first-order chi connectivity index (χ1) is 10.9. The molecule has 122 valence electrons. The molecule has 1 atom stereocenters. The van der Waals surface area contributed by atoms with Gasteiger partial charge in [-0.3, -0.25) is 19.7 Å². The Labute approximate surface area is 138 Å². The van der Waals surface area contributed by atoms with Crippen molar-refractivity contribution in [1.29, 1.82) is 0 Å². The zero-order valence-electron chi connectivity index (χ0n) is 13.0. The van der Waals surface area contributed by atoms with Crippen LogP contribution in [-0.4, -0.2) is 50.4 Å². The van der Waals surface area contributed by atoms with Crippen molar-refractivity contribution in [2.75, 3.05) is 5.75 Å². The van der Waals surface area contributed by atoms with E-state index in [-0.39, 0.29) is 35.9 Å². The first-order valence-corrected chi connectivity index (χ1v) is 8.52. The van der Waals surface area contributed by atoms with Crippen LogP contribution in [0.1, 0.15) is 30.7 Å². The number of imide groups is 1. The van der Waals surface area contributed by atoms with E-state index in [2.05, 4.69) is 15.3 Å². The Morgan fingerprint density at radius 2 is 1.96 bits per heavy atom. The summed E-state index contributed by atoms with van der Waals surface area (Å²) in [7, 11) is 0. The van der Waals surface area contributed by atoms with Crippen molar-refractivity contribution in [3.05, 3.63) is 17.5 Å². The number of carbonyl (C=O) groups excluding carboxylic acids is 3. The van der Waals surface area contributed by atoms with Crippen LogP contribution in [0.25, 0.3) is 0 Å². The number of nitrogens with zero attached hydrogens (tertiary/aromatic N) is 3. The molecular weight excluding hydrogens is 316 g/mol. The summed E-state index contributed by atoms with van der Waals surface area (Å²) in [5.74, 6) is -0.668. The quantitative estimate of drug-likeness (QED) is 0.481. The Morgan fingerprint density at radius 3 is 2.48 bits per heavy atom. The lowest BCUT2D eigenvalue weighted by Crippen LogP contribution is -2.46. The van der Waals surface area contributed by atoms with E-state index in [0.717, 1.165) is 24.2 Å². The molecule has 0 aromatic carbocycles. The van der Waals surface area contributed by atoms with E-state index in [1.165, 1.54) is 11.8 Å². The molecule has 1 saturated carbocycles. The van der Waals surface area contributed by atoms with E-state index < -0.39 is 6.04 Å². The minimum absolute atomic E-state index is 0.0613. The van der Waals surface area contributed by atoms with Crippen molar-refractivity contribution in [3.8, 4) is 0 Å². The van der Waals surface area contributed by atoms with E-state index in [1.54, 1.807) is 4.90 Å². The third kappa shape index (κ3) is 3.69. The van der Waals surface area contributed by atoms with Crippen LogP contribution >= 0.6 is 11.8 Å². The van der Waals surface area contributed by atoms with Crippen LogP contribution in [-0.2, 0) is 14.4 Å². The molecule has 1 aromatic heterocycles. The van der Waals surface area contributed by atoms with Crippen molar-refractivity contribution in [2.45, 2.75) is 50.4 Å². The molecule has 7 nitrogen and oxygen atoms in total. The fourth-order valence-electron chi connectivity index (χ4n) is 2.71. The summed E-state index contributed by atoms with van der Waals surface area (Å²) in [6.07, 6.45) is 1.83. The average Bonchev–Trinajstić information content (AvgIpc) is 3.22. The molecule has 1 aromatic rings. The molecule has 0 spiro atoms. The van der Waals surface area contributed by atoms with Crippen LogP contribution in [0, 0.1) is 13.8 Å². The second kappa shape index (κ2) is 6.27. The molecular formula is C15H18N4O3S. The third-order valence-electron chi connectivity index (χ3n) is 3.79. The normalized spacial score (nSPS) is 20.5. The molecule has 23 heavy (non-hydrogen) atoms. The van der Waals surface area contributed by atoms with Crippen LogP contribution < -0.4 is 5.32 Å². The standard InChI is InChI=1S/C15H18N4O3S/c1-8-5-9(2)17-15(16-8)23-7-13(21)19(10-3-4-10)11-6-12(20)18-14(11)22/h5,10-11H,3-4,6-7H2,1-2H3,(H,18,20,22). The second-order valence-corrected chi connectivity index (χ2v) is 6.83. The SMILES string of the molecule is Cc1cc(C)nc(SCC(=O)N(C2CC2)C2CC(=O)NC2=O)n1. The van der Waals surface area contributed by atoms with Crippen molar-refractivity contribution >= 4 is 29.5 Å². The van der Waals surface area contributed by atoms with Gasteiger partial charge < -0.3 is 4.90 Å². The van der Waals surface area contributed by atoms with Gasteiger partial charge >= 0.3 is 0 Å². The topological polar surface area (TPSA) is 92.3 Å². The highest BCUT2D eigenvalue weighted by molar-refractivity contribution is 7.99. The van der Waals surface area contributed by atoms with Crippen LogP contribution in [0.2, 0.25) is 0 Å². The number of nitrogens with one attached hydrogen (secondary N) is 1. The Balaban J connectivity index is 1.67. The third-order valence-corrected chi connectivity index (χ3v) is 4.63. The predicted octanol–water partition coefficient (Wildman–Crippen LogP) is 0.592. The number of thioether (sulfide) groups is 1. The maximum absolute atomic E-state index is 12.6. The number of amides is 3. The van der Waals surface area contributed by atoms with Crippen LogP contribution in [0.4, 0.5) is 0 Å².